The Bertz CT molecular complexity index is 977. The number of pyridine rings is 1. The normalized spacial score (nSPS) is 10.2. The maximum absolute atomic E-state index is 5.68. The van der Waals surface area contributed by atoms with Crippen molar-refractivity contribution in [1.82, 2.24) is 4.98 Å². The lowest BCUT2D eigenvalue weighted by molar-refractivity contribution is 0.326. The highest BCUT2D eigenvalue weighted by Crippen LogP contribution is 2.36. The Morgan fingerprint density at radius 1 is 0.759 bits per heavy atom. The minimum absolute atomic E-state index is 0. The van der Waals surface area contributed by atoms with E-state index >= 15 is 0 Å². The predicted octanol–water partition coefficient (Wildman–Crippen LogP) is 4.68. The van der Waals surface area contributed by atoms with Gasteiger partial charge in [-0.3, -0.25) is 0 Å². The lowest BCUT2D eigenvalue weighted by Gasteiger charge is -2.14. The van der Waals surface area contributed by atoms with Crippen molar-refractivity contribution in [3.63, 3.8) is 0 Å². The molecule has 156 valence electrons. The summed E-state index contributed by atoms with van der Waals surface area (Å²) in [5.41, 5.74) is 1.93. The second-order valence-electron chi connectivity index (χ2n) is 6.13. The summed E-state index contributed by atoms with van der Waals surface area (Å²) in [5, 5.41) is 1.96. The molecule has 0 unspecified atom stereocenters. The molecule has 0 aliphatic rings. The Balaban J connectivity index is 0.00000300. The zero-order valence-electron chi connectivity index (χ0n) is 17.3. The molecule has 0 bridgehead atoms. The largest absolute Gasteiger partial charge is 0.493 e. The van der Waals surface area contributed by atoms with Gasteiger partial charge in [0.2, 0.25) is 5.88 Å². The molecule has 0 fully saturated rings. The van der Waals surface area contributed by atoms with Crippen LogP contribution < -0.4 is 23.7 Å². The molecule has 7 heteroatoms. The van der Waals surface area contributed by atoms with Gasteiger partial charge < -0.3 is 23.7 Å². The summed E-state index contributed by atoms with van der Waals surface area (Å²) in [5.74, 6) is 3.29. The van der Waals surface area contributed by atoms with Crippen LogP contribution >= 0.6 is 12.4 Å². The first kappa shape index (κ1) is 22.4. The first-order valence-electron chi connectivity index (χ1n) is 9.02. The van der Waals surface area contributed by atoms with Crippen molar-refractivity contribution in [1.29, 1.82) is 0 Å². The van der Waals surface area contributed by atoms with Crippen molar-refractivity contribution in [3.8, 4) is 28.9 Å². The quantitative estimate of drug-likeness (QED) is 0.528. The fourth-order valence-corrected chi connectivity index (χ4v) is 3.16. The molecule has 1 heterocycles. The van der Waals surface area contributed by atoms with Gasteiger partial charge in [0.15, 0.2) is 23.0 Å². The van der Waals surface area contributed by atoms with Gasteiger partial charge >= 0.3 is 0 Å². The van der Waals surface area contributed by atoms with Crippen molar-refractivity contribution in [2.45, 2.75) is 13.3 Å². The lowest BCUT2D eigenvalue weighted by atomic mass is 10.0. The number of aromatic nitrogens is 1. The zero-order chi connectivity index (χ0) is 20.1. The molecule has 0 amide bonds. The zero-order valence-corrected chi connectivity index (χ0v) is 18.1. The molecular weight excluding hydrogens is 394 g/mol. The van der Waals surface area contributed by atoms with Crippen LogP contribution in [0.3, 0.4) is 0 Å². The van der Waals surface area contributed by atoms with E-state index in [2.05, 4.69) is 0 Å². The third-order valence-corrected chi connectivity index (χ3v) is 4.50. The molecule has 0 aliphatic heterocycles. The maximum Gasteiger partial charge on any atom is 0.214 e. The molecule has 6 nitrogen and oxygen atoms in total. The third-order valence-electron chi connectivity index (χ3n) is 4.50. The fraction of sp³-hybridized carbons (Fsp3) is 0.318. The molecular formula is C22H26ClNO5. The van der Waals surface area contributed by atoms with Crippen LogP contribution in [0, 0.1) is 0 Å². The monoisotopic (exact) mass is 419 g/mol. The highest BCUT2D eigenvalue weighted by Gasteiger charge is 2.14. The summed E-state index contributed by atoms with van der Waals surface area (Å²) in [4.78, 5) is 4.72. The first-order chi connectivity index (χ1) is 13.6. The number of hydrogen-bond acceptors (Lipinski definition) is 6. The number of hydrogen-bond donors (Lipinski definition) is 0. The second-order valence-corrected chi connectivity index (χ2v) is 6.13. The summed E-state index contributed by atoms with van der Waals surface area (Å²) in [6, 6.07) is 11.7. The molecule has 0 aliphatic carbocycles. The van der Waals surface area contributed by atoms with E-state index in [0.717, 1.165) is 22.0 Å². The van der Waals surface area contributed by atoms with Gasteiger partial charge in [-0.05, 0) is 42.1 Å². The van der Waals surface area contributed by atoms with E-state index < -0.39 is 0 Å². The minimum Gasteiger partial charge on any atom is -0.493 e. The highest BCUT2D eigenvalue weighted by molar-refractivity contribution is 5.89. The van der Waals surface area contributed by atoms with E-state index in [1.807, 2.05) is 43.3 Å². The molecule has 3 rings (SSSR count). The van der Waals surface area contributed by atoms with Gasteiger partial charge in [0.05, 0.1) is 40.7 Å². The molecule has 0 spiro atoms. The highest BCUT2D eigenvalue weighted by atomic mass is 35.5. The van der Waals surface area contributed by atoms with Crippen LogP contribution in [0.4, 0.5) is 0 Å². The average Bonchev–Trinajstić information content (AvgIpc) is 2.72. The molecule has 2 aromatic carbocycles. The number of halogens is 1. The molecule has 29 heavy (non-hydrogen) atoms. The Morgan fingerprint density at radius 2 is 1.38 bits per heavy atom. The Labute approximate surface area is 177 Å². The van der Waals surface area contributed by atoms with Crippen molar-refractivity contribution >= 4 is 23.2 Å². The van der Waals surface area contributed by atoms with Gasteiger partial charge in [0.25, 0.3) is 0 Å². The van der Waals surface area contributed by atoms with E-state index in [1.54, 1.807) is 28.4 Å². The van der Waals surface area contributed by atoms with Gasteiger partial charge in [-0.25, -0.2) is 4.98 Å². The Hall–Kier alpha value is -2.86. The van der Waals surface area contributed by atoms with Crippen LogP contribution in [0.2, 0.25) is 0 Å². The van der Waals surface area contributed by atoms with Crippen molar-refractivity contribution in [2.24, 2.45) is 0 Å². The van der Waals surface area contributed by atoms with Gasteiger partial charge in [-0.2, -0.15) is 0 Å². The van der Waals surface area contributed by atoms with Crippen molar-refractivity contribution in [2.75, 3.05) is 35.0 Å². The number of nitrogens with zero attached hydrogens (tertiary/aromatic N) is 1. The average molecular weight is 420 g/mol. The van der Waals surface area contributed by atoms with E-state index in [4.69, 9.17) is 28.7 Å². The van der Waals surface area contributed by atoms with E-state index in [0.29, 0.717) is 41.9 Å². The molecule has 0 saturated heterocycles. The van der Waals surface area contributed by atoms with E-state index in [-0.39, 0.29) is 12.4 Å². The van der Waals surface area contributed by atoms with E-state index in [9.17, 15) is 0 Å². The van der Waals surface area contributed by atoms with Crippen LogP contribution in [0.25, 0.3) is 10.8 Å². The van der Waals surface area contributed by atoms with Gasteiger partial charge in [0, 0.05) is 17.9 Å². The number of benzene rings is 2. The van der Waals surface area contributed by atoms with Gasteiger partial charge in [-0.1, -0.05) is 6.07 Å². The van der Waals surface area contributed by atoms with Crippen LogP contribution in [0.15, 0.2) is 36.4 Å². The smallest absolute Gasteiger partial charge is 0.214 e. The molecule has 0 saturated carbocycles. The molecule has 0 radical (unpaired) electrons. The molecule has 3 aromatic rings. The fourth-order valence-electron chi connectivity index (χ4n) is 3.16. The van der Waals surface area contributed by atoms with Crippen LogP contribution in [-0.4, -0.2) is 40.0 Å². The minimum atomic E-state index is 0. The Morgan fingerprint density at radius 3 is 2.00 bits per heavy atom. The van der Waals surface area contributed by atoms with Crippen LogP contribution in [0.5, 0.6) is 28.9 Å². The number of ether oxygens (including phenoxy) is 5. The van der Waals surface area contributed by atoms with Crippen molar-refractivity contribution < 1.29 is 23.7 Å². The molecule has 0 N–H and O–H groups in total. The molecule has 1 aromatic heterocycles. The van der Waals surface area contributed by atoms with Crippen LogP contribution in [0.1, 0.15) is 18.2 Å². The summed E-state index contributed by atoms with van der Waals surface area (Å²) in [6.45, 7) is 2.48. The van der Waals surface area contributed by atoms with Gasteiger partial charge in [-0.15, -0.1) is 12.4 Å². The van der Waals surface area contributed by atoms with Crippen molar-refractivity contribution in [3.05, 3.63) is 47.7 Å². The maximum atomic E-state index is 5.68. The SMILES string of the molecule is CCOc1cc2cc(OC)c(OC)cc2c(Cc2ccc(OC)c(OC)c2)n1.Cl. The standard InChI is InChI=1S/C22H25NO5.ClH/c1-6-28-22-12-15-11-20(26-4)21(27-5)13-16(15)17(23-22)9-14-7-8-18(24-2)19(10-14)25-3;/h7-8,10-13H,6,9H2,1-5H3;1H. The summed E-state index contributed by atoms with van der Waals surface area (Å²) >= 11 is 0. The number of fused-ring (bicyclic) bond motifs is 1. The summed E-state index contributed by atoms with van der Waals surface area (Å²) in [7, 11) is 6.50. The summed E-state index contributed by atoms with van der Waals surface area (Å²) < 4.78 is 27.3. The van der Waals surface area contributed by atoms with Gasteiger partial charge in [0.1, 0.15) is 0 Å². The first-order valence-corrected chi connectivity index (χ1v) is 9.02. The number of rotatable bonds is 8. The lowest BCUT2D eigenvalue weighted by Crippen LogP contribution is -2.01. The van der Waals surface area contributed by atoms with E-state index in [1.165, 1.54) is 0 Å². The van der Waals surface area contributed by atoms with Crippen LogP contribution in [-0.2, 0) is 6.42 Å². The topological polar surface area (TPSA) is 59.0 Å². The Kier molecular flexibility index (Phi) is 7.79. The second kappa shape index (κ2) is 10.1. The summed E-state index contributed by atoms with van der Waals surface area (Å²) in [6.07, 6.45) is 0.604. The molecule has 0 atom stereocenters. The predicted molar refractivity (Wildman–Crippen MR) is 116 cm³/mol. The number of methoxy groups -OCH3 is 4. The third kappa shape index (κ3) is 4.77.